The van der Waals surface area contributed by atoms with E-state index >= 15 is 0 Å². The Balaban J connectivity index is 0.923. The fraction of sp³-hybridized carbons (Fsp3) is 0. The first-order chi connectivity index (χ1) is 33.2. The molecule has 0 aliphatic carbocycles. The van der Waals surface area contributed by atoms with E-state index in [1.807, 2.05) is 11.3 Å². The molecule has 0 spiro atoms. The van der Waals surface area contributed by atoms with Crippen LogP contribution in [0.25, 0.3) is 103 Å². The van der Waals surface area contributed by atoms with E-state index < -0.39 is 0 Å². The minimum Gasteiger partial charge on any atom is -0.310 e. The fourth-order valence-electron chi connectivity index (χ4n) is 10.3. The summed E-state index contributed by atoms with van der Waals surface area (Å²) in [5, 5.41) is 7.60. The van der Waals surface area contributed by atoms with Crippen molar-refractivity contribution in [1.29, 1.82) is 0 Å². The molecule has 11 aromatic carbocycles. The van der Waals surface area contributed by atoms with Gasteiger partial charge in [-0.15, -0.1) is 11.3 Å². The average Bonchev–Trinajstić information content (AvgIpc) is 3.95. The number of hydrogen-bond acceptors (Lipinski definition) is 2. The Labute approximate surface area is 393 Å². The number of anilines is 3. The lowest BCUT2D eigenvalue weighted by Gasteiger charge is -2.26. The Morgan fingerprint density at radius 3 is 1.46 bits per heavy atom. The largest absolute Gasteiger partial charge is 0.310 e. The van der Waals surface area contributed by atoms with E-state index in [1.54, 1.807) is 0 Å². The molecule has 314 valence electrons. The molecule has 0 aliphatic rings. The molecule has 0 fully saturated rings. The average molecular weight is 871 g/mol. The lowest BCUT2D eigenvalue weighted by Crippen LogP contribution is -2.09. The summed E-state index contributed by atoms with van der Waals surface area (Å²) in [6.07, 6.45) is 0. The van der Waals surface area contributed by atoms with Crippen LogP contribution in [-0.2, 0) is 0 Å². The zero-order valence-corrected chi connectivity index (χ0v) is 37.4. The number of thiophene rings is 1. The first kappa shape index (κ1) is 38.9. The first-order valence-electron chi connectivity index (χ1n) is 22.9. The lowest BCUT2D eigenvalue weighted by molar-refractivity contribution is 1.18. The minimum absolute atomic E-state index is 1.09. The number of aromatic nitrogens is 1. The van der Waals surface area contributed by atoms with E-state index in [-0.39, 0.29) is 0 Å². The molecule has 0 bridgehead atoms. The predicted molar refractivity (Wildman–Crippen MR) is 288 cm³/mol. The summed E-state index contributed by atoms with van der Waals surface area (Å²) in [5.74, 6) is 0. The predicted octanol–water partition coefficient (Wildman–Crippen LogP) is 18.4. The van der Waals surface area contributed by atoms with Crippen molar-refractivity contribution in [3.05, 3.63) is 255 Å². The topological polar surface area (TPSA) is 8.17 Å². The van der Waals surface area contributed by atoms with Gasteiger partial charge < -0.3 is 9.47 Å². The summed E-state index contributed by atoms with van der Waals surface area (Å²) in [6.45, 7) is 0. The molecular formula is C64H42N2S. The van der Waals surface area contributed by atoms with Crippen LogP contribution in [0, 0.1) is 0 Å². The second kappa shape index (κ2) is 16.2. The molecule has 0 aliphatic heterocycles. The molecule has 2 heterocycles. The summed E-state index contributed by atoms with van der Waals surface area (Å²) in [6, 6.07) is 93.0. The first-order valence-corrected chi connectivity index (χ1v) is 23.7. The highest BCUT2D eigenvalue weighted by atomic mass is 32.1. The number of nitrogens with zero attached hydrogens (tertiary/aromatic N) is 2. The number of benzene rings is 11. The Morgan fingerprint density at radius 1 is 0.313 bits per heavy atom. The third-order valence-electron chi connectivity index (χ3n) is 13.4. The van der Waals surface area contributed by atoms with Crippen LogP contribution in [0.5, 0.6) is 0 Å². The zero-order valence-electron chi connectivity index (χ0n) is 36.6. The normalized spacial score (nSPS) is 11.6. The molecule has 0 amide bonds. The van der Waals surface area contributed by atoms with Crippen molar-refractivity contribution in [1.82, 2.24) is 4.57 Å². The van der Waals surface area contributed by atoms with Crippen LogP contribution in [0.2, 0.25) is 0 Å². The number of fused-ring (bicyclic) bond motifs is 7. The Hall–Kier alpha value is -8.50. The fourth-order valence-corrected chi connectivity index (χ4v) is 11.5. The van der Waals surface area contributed by atoms with Crippen molar-refractivity contribution >= 4 is 81.1 Å². The lowest BCUT2D eigenvalue weighted by atomic mass is 9.91. The van der Waals surface area contributed by atoms with Gasteiger partial charge in [-0.25, -0.2) is 0 Å². The molecule has 2 aromatic heterocycles. The number of hydrogen-bond donors (Lipinski definition) is 0. The minimum atomic E-state index is 1.09. The molecule has 13 rings (SSSR count). The van der Waals surface area contributed by atoms with Crippen LogP contribution in [0.4, 0.5) is 17.1 Å². The third kappa shape index (κ3) is 6.71. The highest BCUT2D eigenvalue weighted by molar-refractivity contribution is 7.26. The monoisotopic (exact) mass is 870 g/mol. The van der Waals surface area contributed by atoms with Gasteiger partial charge in [0.05, 0.1) is 11.0 Å². The van der Waals surface area contributed by atoms with Crippen molar-refractivity contribution in [3.63, 3.8) is 0 Å². The van der Waals surface area contributed by atoms with Gasteiger partial charge in [-0.05, 0) is 116 Å². The standard InChI is InChI=1S/C64H42N2S/c1-3-15-44(16-4-1)53-25-12-19-47-20-13-26-54(63(47)53)46-33-37-50(38-34-46)65(52-39-40-58-59-28-14-27-55(45-17-5-2-6-18-45)64(59)67-62(58)42-52)49-35-31-43(32-36-49)48-21-11-22-51(41-48)66-60-29-9-7-23-56(60)57-24-8-10-30-61(57)66/h1-42H. The summed E-state index contributed by atoms with van der Waals surface area (Å²) in [5.41, 5.74) is 16.6. The Morgan fingerprint density at radius 2 is 0.806 bits per heavy atom. The smallest absolute Gasteiger partial charge is 0.0541 e. The quantitative estimate of drug-likeness (QED) is 0.148. The van der Waals surface area contributed by atoms with Gasteiger partial charge in [-0.1, -0.05) is 194 Å². The maximum atomic E-state index is 2.41. The van der Waals surface area contributed by atoms with Gasteiger partial charge >= 0.3 is 0 Å². The van der Waals surface area contributed by atoms with E-state index in [4.69, 9.17) is 0 Å². The van der Waals surface area contributed by atoms with Crippen LogP contribution in [-0.4, -0.2) is 4.57 Å². The van der Waals surface area contributed by atoms with Crippen molar-refractivity contribution in [3.8, 4) is 50.2 Å². The number of rotatable bonds is 8. The molecule has 0 N–H and O–H groups in total. The molecule has 0 saturated heterocycles. The van der Waals surface area contributed by atoms with E-state index in [0.717, 1.165) is 22.7 Å². The van der Waals surface area contributed by atoms with Crippen molar-refractivity contribution in [2.45, 2.75) is 0 Å². The summed E-state index contributed by atoms with van der Waals surface area (Å²) >= 11 is 1.88. The molecular weight excluding hydrogens is 829 g/mol. The molecule has 0 atom stereocenters. The summed E-state index contributed by atoms with van der Waals surface area (Å²) in [4.78, 5) is 2.41. The van der Waals surface area contributed by atoms with Gasteiger partial charge in [0.15, 0.2) is 0 Å². The Bertz CT molecular complexity index is 3900. The highest BCUT2D eigenvalue weighted by Gasteiger charge is 2.19. The van der Waals surface area contributed by atoms with Crippen molar-refractivity contribution in [2.24, 2.45) is 0 Å². The van der Waals surface area contributed by atoms with Gasteiger partial charge in [0, 0.05) is 53.7 Å². The number of para-hydroxylation sites is 2. The molecule has 67 heavy (non-hydrogen) atoms. The van der Waals surface area contributed by atoms with E-state index in [1.165, 1.54) is 97.3 Å². The highest BCUT2D eigenvalue weighted by Crippen LogP contribution is 2.45. The van der Waals surface area contributed by atoms with Crippen molar-refractivity contribution in [2.75, 3.05) is 4.90 Å². The van der Waals surface area contributed by atoms with Crippen molar-refractivity contribution < 1.29 is 0 Å². The van der Waals surface area contributed by atoms with Gasteiger partial charge in [0.1, 0.15) is 0 Å². The summed E-state index contributed by atoms with van der Waals surface area (Å²) < 4.78 is 4.97. The second-order valence-electron chi connectivity index (χ2n) is 17.3. The summed E-state index contributed by atoms with van der Waals surface area (Å²) in [7, 11) is 0. The van der Waals surface area contributed by atoms with E-state index in [9.17, 15) is 0 Å². The molecule has 0 unspecified atom stereocenters. The van der Waals surface area contributed by atoms with Crippen LogP contribution in [0.3, 0.4) is 0 Å². The van der Waals surface area contributed by atoms with Crippen LogP contribution < -0.4 is 4.90 Å². The van der Waals surface area contributed by atoms with Gasteiger partial charge in [-0.2, -0.15) is 0 Å². The Kier molecular flexibility index (Phi) is 9.40. The zero-order chi connectivity index (χ0) is 44.3. The molecule has 3 heteroatoms. The maximum Gasteiger partial charge on any atom is 0.0541 e. The van der Waals surface area contributed by atoms with Crippen LogP contribution >= 0.6 is 11.3 Å². The van der Waals surface area contributed by atoms with E-state index in [2.05, 4.69) is 264 Å². The van der Waals surface area contributed by atoms with Crippen LogP contribution in [0.15, 0.2) is 255 Å². The maximum absolute atomic E-state index is 2.41. The van der Waals surface area contributed by atoms with Gasteiger partial charge in [0.2, 0.25) is 0 Å². The van der Waals surface area contributed by atoms with E-state index in [0.29, 0.717) is 0 Å². The second-order valence-corrected chi connectivity index (χ2v) is 18.3. The molecule has 0 saturated carbocycles. The molecule has 0 radical (unpaired) electrons. The van der Waals surface area contributed by atoms with Gasteiger partial charge in [-0.3, -0.25) is 0 Å². The molecule has 2 nitrogen and oxygen atoms in total. The van der Waals surface area contributed by atoms with Gasteiger partial charge in [0.25, 0.3) is 0 Å². The third-order valence-corrected chi connectivity index (χ3v) is 14.6. The molecule has 13 aromatic rings. The van der Waals surface area contributed by atoms with Crippen LogP contribution in [0.1, 0.15) is 0 Å². The SMILES string of the molecule is c1ccc(-c2cccc3c2sc2cc(N(c4ccc(-c5cccc(-n6c7ccccc7c7ccccc76)c5)cc4)c4ccc(-c5cccc6cccc(-c7ccccc7)c56)cc4)ccc23)cc1.